The minimum Gasteiger partial charge on any atom is -0.351 e. The lowest BCUT2D eigenvalue weighted by Crippen LogP contribution is -2.30. The summed E-state index contributed by atoms with van der Waals surface area (Å²) in [6, 6.07) is 22.7. The van der Waals surface area contributed by atoms with Gasteiger partial charge in [0, 0.05) is 34.5 Å². The maximum atomic E-state index is 6.31. The fraction of sp³-hybridized carbons (Fsp3) is 0.185. The molecule has 166 valence electrons. The molecule has 1 aliphatic heterocycles. The molecule has 2 aromatic heterocycles. The molecule has 33 heavy (non-hydrogen) atoms. The van der Waals surface area contributed by atoms with Crippen molar-refractivity contribution < 1.29 is 0 Å². The van der Waals surface area contributed by atoms with E-state index in [1.54, 1.807) is 0 Å². The third kappa shape index (κ3) is 3.92. The second kappa shape index (κ2) is 8.65. The van der Waals surface area contributed by atoms with Crippen LogP contribution in [0.2, 0.25) is 5.02 Å². The average Bonchev–Trinajstić information content (AvgIpc) is 3.42. The van der Waals surface area contributed by atoms with Crippen LogP contribution in [-0.4, -0.2) is 14.7 Å². The normalized spacial score (nSPS) is 17.9. The van der Waals surface area contributed by atoms with Crippen molar-refractivity contribution in [2.24, 2.45) is 0 Å². The van der Waals surface area contributed by atoms with E-state index >= 15 is 0 Å². The minimum atomic E-state index is -0.0950. The average molecular weight is 473 g/mol. The van der Waals surface area contributed by atoms with Crippen LogP contribution in [-0.2, 0) is 0 Å². The van der Waals surface area contributed by atoms with E-state index in [9.17, 15) is 0 Å². The Morgan fingerprint density at radius 3 is 2.39 bits per heavy atom. The molecule has 6 heteroatoms. The monoisotopic (exact) mass is 472 g/mol. The molecular weight excluding hydrogens is 448 g/mol. The van der Waals surface area contributed by atoms with E-state index in [1.807, 2.05) is 31.3 Å². The van der Waals surface area contributed by atoms with E-state index < -0.39 is 0 Å². The smallest absolute Gasteiger partial charge is 0.174 e. The topological polar surface area (TPSA) is 33.1 Å². The summed E-state index contributed by atoms with van der Waals surface area (Å²) in [6.45, 7) is 6.29. The number of aryl methyl sites for hydroxylation is 3. The first-order chi connectivity index (χ1) is 15.9. The molecule has 2 aromatic carbocycles. The maximum Gasteiger partial charge on any atom is 0.174 e. The summed E-state index contributed by atoms with van der Waals surface area (Å²) < 4.78 is 2.22. The highest BCUT2D eigenvalue weighted by Gasteiger charge is 2.42. The highest BCUT2D eigenvalue weighted by atomic mass is 35.5. The lowest BCUT2D eigenvalue weighted by molar-refractivity contribution is 0.549. The first-order valence-electron chi connectivity index (χ1n) is 11.0. The number of anilines is 1. The maximum absolute atomic E-state index is 6.31. The van der Waals surface area contributed by atoms with Crippen molar-refractivity contribution in [1.29, 1.82) is 0 Å². The number of hydrogen-bond donors (Lipinski definition) is 1. The van der Waals surface area contributed by atoms with Gasteiger partial charge in [0.2, 0.25) is 0 Å². The van der Waals surface area contributed by atoms with Gasteiger partial charge in [0.25, 0.3) is 0 Å². The molecule has 3 heterocycles. The van der Waals surface area contributed by atoms with E-state index in [0.717, 1.165) is 33.3 Å². The highest BCUT2D eigenvalue weighted by Crippen LogP contribution is 2.42. The van der Waals surface area contributed by atoms with Crippen LogP contribution >= 0.6 is 23.8 Å². The van der Waals surface area contributed by atoms with Gasteiger partial charge in [0.05, 0.1) is 11.7 Å². The Bertz CT molecular complexity index is 1330. The van der Waals surface area contributed by atoms with Gasteiger partial charge >= 0.3 is 0 Å². The van der Waals surface area contributed by atoms with Crippen LogP contribution in [0.1, 0.15) is 40.2 Å². The SMILES string of the molecule is Cc1ccc(N2C(=S)N[C@@H](c3ccccn3)[C@@H]2c2cccn2-c2ccc(Cl)c(C)c2)cc1C. The quantitative estimate of drug-likeness (QED) is 0.338. The number of thiocarbonyl (C=S) groups is 1. The zero-order chi connectivity index (χ0) is 23.1. The fourth-order valence-corrected chi connectivity index (χ4v) is 4.92. The first-order valence-corrected chi connectivity index (χ1v) is 11.7. The van der Waals surface area contributed by atoms with Gasteiger partial charge in [-0.05, 0) is 104 Å². The molecule has 0 unspecified atom stereocenters. The Balaban J connectivity index is 1.68. The van der Waals surface area contributed by atoms with Crippen molar-refractivity contribution in [2.45, 2.75) is 32.9 Å². The van der Waals surface area contributed by atoms with Crippen LogP contribution in [0.3, 0.4) is 0 Å². The summed E-state index contributed by atoms with van der Waals surface area (Å²) in [5, 5.41) is 5.01. The number of benzene rings is 2. The molecule has 0 spiro atoms. The molecule has 2 atom stereocenters. The second-order valence-corrected chi connectivity index (χ2v) is 9.30. The van der Waals surface area contributed by atoms with E-state index in [-0.39, 0.29) is 12.1 Å². The first kappa shape index (κ1) is 21.7. The lowest BCUT2D eigenvalue weighted by atomic mass is 10.00. The molecule has 0 aliphatic carbocycles. The zero-order valence-corrected chi connectivity index (χ0v) is 20.4. The molecule has 1 N–H and O–H groups in total. The molecule has 1 fully saturated rings. The Morgan fingerprint density at radius 1 is 0.879 bits per heavy atom. The zero-order valence-electron chi connectivity index (χ0n) is 18.8. The predicted molar refractivity (Wildman–Crippen MR) is 139 cm³/mol. The molecule has 1 saturated heterocycles. The minimum absolute atomic E-state index is 0.0829. The van der Waals surface area contributed by atoms with Gasteiger partial charge in [-0.25, -0.2) is 0 Å². The largest absolute Gasteiger partial charge is 0.351 e. The van der Waals surface area contributed by atoms with Gasteiger partial charge in [0.15, 0.2) is 5.11 Å². The van der Waals surface area contributed by atoms with Gasteiger partial charge in [-0.3, -0.25) is 4.98 Å². The van der Waals surface area contributed by atoms with Gasteiger partial charge in [-0.1, -0.05) is 23.7 Å². The number of halogens is 1. The summed E-state index contributed by atoms with van der Waals surface area (Å²) in [6.07, 6.45) is 3.92. The van der Waals surface area contributed by atoms with Crippen LogP contribution in [0.4, 0.5) is 5.69 Å². The Morgan fingerprint density at radius 2 is 1.67 bits per heavy atom. The summed E-state index contributed by atoms with van der Waals surface area (Å²) in [5.74, 6) is 0. The van der Waals surface area contributed by atoms with Crippen molar-refractivity contribution in [1.82, 2.24) is 14.9 Å². The Kier molecular flexibility index (Phi) is 5.69. The van der Waals surface area contributed by atoms with E-state index in [4.69, 9.17) is 23.8 Å². The molecule has 0 bridgehead atoms. The predicted octanol–water partition coefficient (Wildman–Crippen LogP) is 6.63. The number of nitrogens with one attached hydrogen (secondary N) is 1. The molecule has 1 aliphatic rings. The van der Waals surface area contributed by atoms with E-state index in [2.05, 4.69) is 88.3 Å². The summed E-state index contributed by atoms with van der Waals surface area (Å²) >= 11 is 12.2. The number of nitrogens with zero attached hydrogens (tertiary/aromatic N) is 3. The fourth-order valence-electron chi connectivity index (χ4n) is 4.46. The number of hydrogen-bond acceptors (Lipinski definition) is 2. The molecular formula is C27H25ClN4S. The van der Waals surface area contributed by atoms with Crippen LogP contribution in [0, 0.1) is 20.8 Å². The third-order valence-corrected chi connectivity index (χ3v) is 7.11. The molecule has 5 rings (SSSR count). The molecule has 4 nitrogen and oxygen atoms in total. The van der Waals surface area contributed by atoms with Crippen LogP contribution in [0.25, 0.3) is 5.69 Å². The number of aromatic nitrogens is 2. The van der Waals surface area contributed by atoms with Crippen LogP contribution in [0.15, 0.2) is 79.1 Å². The van der Waals surface area contributed by atoms with Gasteiger partial charge in [0.1, 0.15) is 6.04 Å². The molecule has 0 radical (unpaired) electrons. The van der Waals surface area contributed by atoms with Crippen LogP contribution in [0.5, 0.6) is 0 Å². The third-order valence-electron chi connectivity index (χ3n) is 6.37. The molecule has 0 saturated carbocycles. The standard InChI is InChI=1S/C27H25ClN4S/c1-17-9-10-21(15-18(17)2)32-26(25(30-27(32)33)23-7-4-5-13-29-23)24-8-6-14-31(24)20-11-12-22(28)19(3)16-20/h4-16,25-26H,1-3H3,(H,30,33)/t25-,26-/m0/s1. The van der Waals surface area contributed by atoms with Gasteiger partial charge < -0.3 is 14.8 Å². The number of pyridine rings is 1. The molecule has 4 aromatic rings. The molecule has 0 amide bonds. The van der Waals surface area contributed by atoms with Crippen molar-refractivity contribution in [3.8, 4) is 5.69 Å². The van der Waals surface area contributed by atoms with E-state index in [0.29, 0.717) is 5.11 Å². The lowest BCUT2D eigenvalue weighted by Gasteiger charge is -2.29. The summed E-state index contributed by atoms with van der Waals surface area (Å²) in [5.41, 5.74) is 7.75. The van der Waals surface area contributed by atoms with Crippen LogP contribution < -0.4 is 10.2 Å². The van der Waals surface area contributed by atoms with Crippen molar-refractivity contribution in [3.05, 3.63) is 112 Å². The second-order valence-electron chi connectivity index (χ2n) is 8.50. The Labute approximate surface area is 204 Å². The van der Waals surface area contributed by atoms with Crippen molar-refractivity contribution in [3.63, 3.8) is 0 Å². The Hall–Kier alpha value is -3.15. The summed E-state index contributed by atoms with van der Waals surface area (Å²) in [7, 11) is 0. The summed E-state index contributed by atoms with van der Waals surface area (Å²) in [4.78, 5) is 6.89. The van der Waals surface area contributed by atoms with E-state index in [1.165, 1.54) is 11.1 Å². The van der Waals surface area contributed by atoms with Crippen molar-refractivity contribution >= 4 is 34.6 Å². The van der Waals surface area contributed by atoms with Gasteiger partial charge in [-0.2, -0.15) is 0 Å². The highest BCUT2D eigenvalue weighted by molar-refractivity contribution is 7.80. The van der Waals surface area contributed by atoms with Gasteiger partial charge in [-0.15, -0.1) is 0 Å². The number of rotatable bonds is 4. The van der Waals surface area contributed by atoms with Crippen molar-refractivity contribution in [2.75, 3.05) is 4.90 Å².